The van der Waals surface area contributed by atoms with Gasteiger partial charge in [0, 0.05) is 19.6 Å². The zero-order chi connectivity index (χ0) is 19.9. The molecule has 1 saturated heterocycles. The van der Waals surface area contributed by atoms with Crippen molar-refractivity contribution < 1.29 is 18.7 Å². The Balaban J connectivity index is 1.50. The number of nitrogens with zero attached hydrogens (tertiary/aromatic N) is 1. The van der Waals surface area contributed by atoms with Gasteiger partial charge in [0.15, 0.2) is 11.6 Å². The van der Waals surface area contributed by atoms with Gasteiger partial charge in [0.2, 0.25) is 0 Å². The molecular weight excluding hydrogens is 361 g/mol. The highest BCUT2D eigenvalue weighted by atomic mass is 19.1. The first kappa shape index (κ1) is 20.1. The fourth-order valence-electron chi connectivity index (χ4n) is 3.02. The molecule has 0 aliphatic carbocycles. The van der Waals surface area contributed by atoms with Crippen molar-refractivity contribution in [3.8, 4) is 11.5 Å². The van der Waals surface area contributed by atoms with Crippen molar-refractivity contribution in [3.05, 3.63) is 59.9 Å². The molecule has 0 saturated carbocycles. The number of hydrogen-bond acceptors (Lipinski definition) is 4. The highest BCUT2D eigenvalue weighted by molar-refractivity contribution is 5.74. The Hall–Kier alpha value is -2.64. The molecule has 0 radical (unpaired) electrons. The molecule has 1 aliphatic rings. The second-order valence-electron chi connectivity index (χ2n) is 6.97. The standard InChI is InChI=1S/C21H26FN3O3/c1-15(20-14-25(2)10-11-27-20)24-21(26)23-13-16-6-5-7-17(12-16)28-19-9-4-3-8-18(19)22/h3-9,12,15,20H,10-11,13-14H2,1-2H3,(H2,23,24,26). The molecule has 2 aromatic carbocycles. The second kappa shape index (κ2) is 9.52. The number of likely N-dealkylation sites (N-methyl/N-ethyl adjacent to an activating group) is 1. The average molecular weight is 387 g/mol. The van der Waals surface area contributed by atoms with Crippen LogP contribution in [-0.2, 0) is 11.3 Å². The maximum atomic E-state index is 13.7. The quantitative estimate of drug-likeness (QED) is 0.799. The van der Waals surface area contributed by atoms with E-state index in [1.54, 1.807) is 36.4 Å². The number of halogens is 1. The van der Waals surface area contributed by atoms with E-state index in [0.717, 1.165) is 18.7 Å². The summed E-state index contributed by atoms with van der Waals surface area (Å²) in [7, 11) is 2.04. The second-order valence-corrected chi connectivity index (χ2v) is 6.97. The van der Waals surface area contributed by atoms with Gasteiger partial charge in [0.25, 0.3) is 0 Å². The maximum Gasteiger partial charge on any atom is 0.315 e. The van der Waals surface area contributed by atoms with E-state index in [2.05, 4.69) is 15.5 Å². The summed E-state index contributed by atoms with van der Waals surface area (Å²) < 4.78 is 25.0. The number of nitrogens with one attached hydrogen (secondary N) is 2. The first-order valence-corrected chi connectivity index (χ1v) is 9.37. The lowest BCUT2D eigenvalue weighted by molar-refractivity contribution is -0.0333. The Morgan fingerprint density at radius 2 is 2.14 bits per heavy atom. The normalized spacial score (nSPS) is 18.3. The predicted molar refractivity (Wildman–Crippen MR) is 105 cm³/mol. The first-order chi connectivity index (χ1) is 13.5. The van der Waals surface area contributed by atoms with Crippen LogP contribution in [-0.4, -0.2) is 49.8 Å². The fraction of sp³-hybridized carbons (Fsp3) is 0.381. The summed E-state index contributed by atoms with van der Waals surface area (Å²) in [4.78, 5) is 14.4. The molecule has 2 unspecified atom stereocenters. The molecule has 28 heavy (non-hydrogen) atoms. The Bertz CT molecular complexity index is 802. The van der Waals surface area contributed by atoms with Crippen molar-refractivity contribution in [1.82, 2.24) is 15.5 Å². The molecule has 1 heterocycles. The largest absolute Gasteiger partial charge is 0.454 e. The molecule has 150 valence electrons. The summed E-state index contributed by atoms with van der Waals surface area (Å²) in [5.41, 5.74) is 0.852. The Kier molecular flexibility index (Phi) is 6.84. The van der Waals surface area contributed by atoms with Crippen molar-refractivity contribution in [2.75, 3.05) is 26.7 Å². The Morgan fingerprint density at radius 1 is 1.32 bits per heavy atom. The summed E-state index contributed by atoms with van der Waals surface area (Å²) in [5.74, 6) is 0.253. The molecule has 2 N–H and O–H groups in total. The van der Waals surface area contributed by atoms with Crippen LogP contribution in [0, 0.1) is 5.82 Å². The number of para-hydroxylation sites is 1. The van der Waals surface area contributed by atoms with Gasteiger partial charge in [-0.3, -0.25) is 0 Å². The number of ether oxygens (including phenoxy) is 2. The predicted octanol–water partition coefficient (Wildman–Crippen LogP) is 3.14. The lowest BCUT2D eigenvalue weighted by Crippen LogP contribution is -2.53. The number of rotatable bonds is 6. The zero-order valence-corrected chi connectivity index (χ0v) is 16.2. The number of urea groups is 1. The SMILES string of the molecule is CC(NC(=O)NCc1cccc(Oc2ccccc2F)c1)C1CN(C)CCO1. The van der Waals surface area contributed by atoms with E-state index in [0.29, 0.717) is 18.9 Å². The molecule has 2 atom stereocenters. The van der Waals surface area contributed by atoms with E-state index in [-0.39, 0.29) is 23.9 Å². The van der Waals surface area contributed by atoms with Gasteiger partial charge < -0.3 is 25.0 Å². The van der Waals surface area contributed by atoms with Crippen LogP contribution in [0.4, 0.5) is 9.18 Å². The number of carbonyl (C=O) groups is 1. The van der Waals surface area contributed by atoms with E-state index >= 15 is 0 Å². The number of morpholine rings is 1. The molecule has 0 aromatic heterocycles. The van der Waals surface area contributed by atoms with Gasteiger partial charge in [0.1, 0.15) is 5.75 Å². The number of hydrogen-bond donors (Lipinski definition) is 2. The van der Waals surface area contributed by atoms with Gasteiger partial charge in [-0.05, 0) is 43.8 Å². The molecule has 0 spiro atoms. The minimum atomic E-state index is -0.421. The Labute approximate surface area is 164 Å². The van der Waals surface area contributed by atoms with Crippen LogP contribution in [0.2, 0.25) is 0 Å². The Morgan fingerprint density at radius 3 is 2.93 bits per heavy atom. The molecule has 6 nitrogen and oxygen atoms in total. The van der Waals surface area contributed by atoms with Crippen LogP contribution < -0.4 is 15.4 Å². The van der Waals surface area contributed by atoms with Gasteiger partial charge in [-0.25, -0.2) is 9.18 Å². The molecule has 2 aromatic rings. The lowest BCUT2D eigenvalue weighted by atomic mass is 10.1. The van der Waals surface area contributed by atoms with Crippen LogP contribution in [0.15, 0.2) is 48.5 Å². The van der Waals surface area contributed by atoms with E-state index in [1.807, 2.05) is 20.0 Å². The van der Waals surface area contributed by atoms with Crippen molar-refractivity contribution in [3.63, 3.8) is 0 Å². The fourth-order valence-corrected chi connectivity index (χ4v) is 3.02. The topological polar surface area (TPSA) is 62.8 Å². The summed E-state index contributed by atoms with van der Waals surface area (Å²) in [6, 6.07) is 13.1. The van der Waals surface area contributed by atoms with Crippen LogP contribution in [0.3, 0.4) is 0 Å². The molecular formula is C21H26FN3O3. The lowest BCUT2D eigenvalue weighted by Gasteiger charge is -2.33. The van der Waals surface area contributed by atoms with E-state index in [1.165, 1.54) is 6.07 Å². The number of carbonyl (C=O) groups excluding carboxylic acids is 1. The molecule has 2 amide bonds. The smallest absolute Gasteiger partial charge is 0.315 e. The molecule has 0 bridgehead atoms. The summed E-state index contributed by atoms with van der Waals surface area (Å²) in [6.45, 7) is 4.63. The summed E-state index contributed by atoms with van der Waals surface area (Å²) in [5, 5.41) is 5.75. The monoisotopic (exact) mass is 387 g/mol. The highest BCUT2D eigenvalue weighted by Gasteiger charge is 2.24. The third-order valence-electron chi connectivity index (χ3n) is 4.63. The van der Waals surface area contributed by atoms with Crippen LogP contribution in [0.25, 0.3) is 0 Å². The number of amides is 2. The summed E-state index contributed by atoms with van der Waals surface area (Å²) >= 11 is 0. The minimum absolute atomic E-state index is 0.0259. The van der Waals surface area contributed by atoms with E-state index in [4.69, 9.17) is 9.47 Å². The highest BCUT2D eigenvalue weighted by Crippen LogP contribution is 2.24. The zero-order valence-electron chi connectivity index (χ0n) is 16.2. The van der Waals surface area contributed by atoms with Crippen LogP contribution in [0.1, 0.15) is 12.5 Å². The van der Waals surface area contributed by atoms with Crippen LogP contribution >= 0.6 is 0 Å². The summed E-state index contributed by atoms with van der Waals surface area (Å²) in [6.07, 6.45) is -0.0259. The third kappa shape index (κ3) is 5.68. The van der Waals surface area contributed by atoms with Gasteiger partial charge in [-0.2, -0.15) is 0 Å². The molecule has 1 aliphatic heterocycles. The van der Waals surface area contributed by atoms with Gasteiger partial charge in [-0.15, -0.1) is 0 Å². The third-order valence-corrected chi connectivity index (χ3v) is 4.63. The molecule has 7 heteroatoms. The van der Waals surface area contributed by atoms with Crippen LogP contribution in [0.5, 0.6) is 11.5 Å². The van der Waals surface area contributed by atoms with E-state index in [9.17, 15) is 9.18 Å². The first-order valence-electron chi connectivity index (χ1n) is 9.37. The van der Waals surface area contributed by atoms with Crippen molar-refractivity contribution in [2.45, 2.75) is 25.6 Å². The van der Waals surface area contributed by atoms with Gasteiger partial charge in [-0.1, -0.05) is 24.3 Å². The number of benzene rings is 2. The van der Waals surface area contributed by atoms with Gasteiger partial charge >= 0.3 is 6.03 Å². The molecule has 1 fully saturated rings. The van der Waals surface area contributed by atoms with Crippen molar-refractivity contribution >= 4 is 6.03 Å². The average Bonchev–Trinajstić information content (AvgIpc) is 2.68. The maximum absolute atomic E-state index is 13.7. The minimum Gasteiger partial charge on any atom is -0.454 e. The van der Waals surface area contributed by atoms with Crippen molar-refractivity contribution in [2.24, 2.45) is 0 Å². The van der Waals surface area contributed by atoms with Gasteiger partial charge in [0.05, 0.1) is 18.8 Å². The van der Waals surface area contributed by atoms with E-state index < -0.39 is 5.82 Å². The van der Waals surface area contributed by atoms with Crippen molar-refractivity contribution in [1.29, 1.82) is 0 Å². The molecule has 3 rings (SSSR count).